The zero-order valence-electron chi connectivity index (χ0n) is 9.61. The Morgan fingerprint density at radius 3 is 2.74 bits per heavy atom. The lowest BCUT2D eigenvalue weighted by Gasteiger charge is -2.11. The highest BCUT2D eigenvalue weighted by Gasteiger charge is 2.11. The number of thioether (sulfide) groups is 1. The number of benzene rings is 1. The van der Waals surface area contributed by atoms with Crippen LogP contribution in [0.15, 0.2) is 41.4 Å². The summed E-state index contributed by atoms with van der Waals surface area (Å²) in [5.74, 6) is -2.11. The van der Waals surface area contributed by atoms with Crippen LogP contribution in [-0.2, 0) is 0 Å². The van der Waals surface area contributed by atoms with Crippen molar-refractivity contribution in [2.45, 2.75) is 10.7 Å². The van der Waals surface area contributed by atoms with Gasteiger partial charge in [0.25, 0.3) is 5.76 Å². The molecule has 2 rings (SSSR count). The maximum absolute atomic E-state index is 12.4. The van der Waals surface area contributed by atoms with Crippen molar-refractivity contribution < 1.29 is 8.78 Å². The highest BCUT2D eigenvalue weighted by molar-refractivity contribution is 7.99. The summed E-state index contributed by atoms with van der Waals surface area (Å²) in [6.45, 7) is 0. The van der Waals surface area contributed by atoms with E-state index in [0.29, 0.717) is 38.9 Å². The molecule has 0 aliphatic heterocycles. The Balaban J connectivity index is 2.27. The van der Waals surface area contributed by atoms with Crippen molar-refractivity contribution in [2.24, 2.45) is 0 Å². The lowest BCUT2D eigenvalue weighted by atomic mass is 10.3. The molecule has 3 N–H and O–H groups in total. The Kier molecular flexibility index (Phi) is 4.44. The van der Waals surface area contributed by atoms with Gasteiger partial charge in [0.05, 0.1) is 22.6 Å². The number of pyridine rings is 1. The number of aromatic nitrogens is 1. The maximum atomic E-state index is 12.4. The number of hydrogen-bond donors (Lipinski definition) is 2. The lowest BCUT2D eigenvalue weighted by Crippen LogP contribution is -1.98. The number of hydrogen-bond acceptors (Lipinski definition) is 4. The van der Waals surface area contributed by atoms with Crippen molar-refractivity contribution in [1.29, 1.82) is 0 Å². The molecule has 7 heteroatoms. The zero-order valence-corrected chi connectivity index (χ0v) is 11.2. The van der Waals surface area contributed by atoms with Crippen LogP contribution in [0.4, 0.5) is 26.0 Å². The van der Waals surface area contributed by atoms with Gasteiger partial charge in [-0.2, -0.15) is 8.78 Å². The summed E-state index contributed by atoms with van der Waals surface area (Å²) in [6, 6.07) is 8.25. The fraction of sp³-hybridized carbons (Fsp3) is 0.0833. The summed E-state index contributed by atoms with van der Waals surface area (Å²) >= 11 is 6.44. The van der Waals surface area contributed by atoms with Crippen LogP contribution < -0.4 is 11.1 Å². The van der Waals surface area contributed by atoms with Crippen molar-refractivity contribution in [3.05, 3.63) is 41.6 Å². The Morgan fingerprint density at radius 2 is 2.05 bits per heavy atom. The monoisotopic (exact) mass is 301 g/mol. The van der Waals surface area contributed by atoms with Gasteiger partial charge in [0.1, 0.15) is 5.82 Å². The summed E-state index contributed by atoms with van der Waals surface area (Å²) in [5, 5.41) is 3.25. The molecular weight excluding hydrogens is 292 g/mol. The van der Waals surface area contributed by atoms with Gasteiger partial charge in [0.15, 0.2) is 0 Å². The summed E-state index contributed by atoms with van der Waals surface area (Å²) in [5.41, 5.74) is 6.49. The van der Waals surface area contributed by atoms with E-state index in [1.807, 2.05) is 0 Å². The van der Waals surface area contributed by atoms with Crippen molar-refractivity contribution in [3.63, 3.8) is 0 Å². The topological polar surface area (TPSA) is 50.9 Å². The molecule has 1 heterocycles. The molecule has 0 aliphatic rings. The van der Waals surface area contributed by atoms with E-state index >= 15 is 0 Å². The van der Waals surface area contributed by atoms with Gasteiger partial charge in [-0.25, -0.2) is 4.98 Å². The van der Waals surface area contributed by atoms with Gasteiger partial charge in [-0.1, -0.05) is 35.5 Å². The Bertz CT molecular complexity index is 581. The number of anilines is 3. The van der Waals surface area contributed by atoms with Crippen LogP contribution in [0.5, 0.6) is 0 Å². The van der Waals surface area contributed by atoms with Gasteiger partial charge in [-0.3, -0.25) is 0 Å². The zero-order chi connectivity index (χ0) is 13.8. The minimum atomic E-state index is -2.49. The molecule has 0 bridgehead atoms. The molecule has 2 aromatic rings. The highest BCUT2D eigenvalue weighted by Crippen LogP contribution is 2.34. The normalized spacial score (nSPS) is 10.7. The van der Waals surface area contributed by atoms with E-state index < -0.39 is 5.76 Å². The number of halogens is 3. The average molecular weight is 302 g/mol. The van der Waals surface area contributed by atoms with Gasteiger partial charge in [-0.15, -0.1) is 0 Å². The molecule has 0 amide bonds. The molecule has 1 aromatic heterocycles. The fourth-order valence-corrected chi connectivity index (χ4v) is 2.26. The van der Waals surface area contributed by atoms with Gasteiger partial charge < -0.3 is 11.1 Å². The first-order valence-corrected chi connectivity index (χ1v) is 6.54. The number of rotatable bonds is 4. The largest absolute Gasteiger partial charge is 0.397 e. The number of nitrogens with two attached hydrogens (primary N) is 1. The van der Waals surface area contributed by atoms with E-state index in [4.69, 9.17) is 17.3 Å². The van der Waals surface area contributed by atoms with Crippen LogP contribution in [-0.4, -0.2) is 10.7 Å². The Hall–Kier alpha value is -1.53. The van der Waals surface area contributed by atoms with Crippen LogP contribution >= 0.6 is 23.4 Å². The van der Waals surface area contributed by atoms with Gasteiger partial charge in [0, 0.05) is 4.90 Å². The van der Waals surface area contributed by atoms with Crippen LogP contribution in [0.2, 0.25) is 5.02 Å². The van der Waals surface area contributed by atoms with Crippen molar-refractivity contribution in [1.82, 2.24) is 4.98 Å². The van der Waals surface area contributed by atoms with Gasteiger partial charge >= 0.3 is 0 Å². The van der Waals surface area contributed by atoms with Crippen molar-refractivity contribution in [2.75, 3.05) is 11.1 Å². The Morgan fingerprint density at radius 1 is 1.32 bits per heavy atom. The van der Waals surface area contributed by atoms with E-state index in [1.165, 1.54) is 6.20 Å². The molecule has 0 aliphatic carbocycles. The Labute approximate surface area is 118 Å². The minimum absolute atomic E-state index is 0.330. The molecule has 0 saturated carbocycles. The van der Waals surface area contributed by atoms with Crippen LogP contribution in [0, 0.1) is 0 Å². The van der Waals surface area contributed by atoms with Crippen molar-refractivity contribution >= 4 is 40.6 Å². The summed E-state index contributed by atoms with van der Waals surface area (Å²) < 4.78 is 24.9. The number of nitrogen functional groups attached to an aromatic ring is 1. The summed E-state index contributed by atoms with van der Waals surface area (Å²) in [4.78, 5) is 4.45. The smallest absolute Gasteiger partial charge is 0.288 e. The maximum Gasteiger partial charge on any atom is 0.288 e. The molecule has 0 unspecified atom stereocenters. The van der Waals surface area contributed by atoms with Crippen LogP contribution in [0.1, 0.15) is 0 Å². The molecule has 0 radical (unpaired) electrons. The SMILES string of the molecule is Nc1cnc(Nc2ccccc2SC(F)F)c(Cl)c1. The molecule has 1 aromatic carbocycles. The second-order valence-corrected chi connectivity index (χ2v) is 5.04. The molecule has 0 atom stereocenters. The molecule has 19 heavy (non-hydrogen) atoms. The molecule has 0 spiro atoms. The van der Waals surface area contributed by atoms with E-state index in [2.05, 4.69) is 10.3 Å². The quantitative estimate of drug-likeness (QED) is 0.823. The number of nitrogens with one attached hydrogen (secondary N) is 1. The fourth-order valence-electron chi connectivity index (χ4n) is 1.44. The van der Waals surface area contributed by atoms with Crippen molar-refractivity contribution in [3.8, 4) is 0 Å². The van der Waals surface area contributed by atoms with Gasteiger partial charge in [-0.05, 0) is 18.2 Å². The first-order valence-electron chi connectivity index (χ1n) is 5.28. The minimum Gasteiger partial charge on any atom is -0.397 e. The van der Waals surface area contributed by atoms with Gasteiger partial charge in [0.2, 0.25) is 0 Å². The second-order valence-electron chi connectivity index (χ2n) is 3.60. The second kappa shape index (κ2) is 6.08. The predicted octanol–water partition coefficient (Wildman–Crippen LogP) is 4.38. The molecule has 100 valence electrons. The van der Waals surface area contributed by atoms with E-state index in [0.717, 1.165) is 0 Å². The van der Waals surface area contributed by atoms with E-state index in [9.17, 15) is 8.78 Å². The first kappa shape index (κ1) is 13.9. The lowest BCUT2D eigenvalue weighted by molar-refractivity contribution is 0.252. The predicted molar refractivity (Wildman–Crippen MR) is 75.2 cm³/mol. The van der Waals surface area contributed by atoms with E-state index in [1.54, 1.807) is 30.3 Å². The average Bonchev–Trinajstić information content (AvgIpc) is 2.34. The third kappa shape index (κ3) is 3.71. The number of para-hydroxylation sites is 1. The first-order chi connectivity index (χ1) is 9.06. The molecular formula is C12H10ClF2N3S. The molecule has 0 saturated heterocycles. The van der Waals surface area contributed by atoms with E-state index in [-0.39, 0.29) is 0 Å². The standard InChI is InChI=1S/C12H10ClF2N3S/c13-8-5-7(16)6-17-11(8)18-9-3-1-2-4-10(9)19-12(14)15/h1-6,12H,16H2,(H,17,18). The third-order valence-corrected chi connectivity index (χ3v) is 3.29. The van der Waals surface area contributed by atoms with Crippen LogP contribution in [0.25, 0.3) is 0 Å². The molecule has 0 fully saturated rings. The summed E-state index contributed by atoms with van der Waals surface area (Å²) in [6.07, 6.45) is 1.44. The molecule has 3 nitrogen and oxygen atoms in total. The number of alkyl halides is 2. The summed E-state index contributed by atoms with van der Waals surface area (Å²) in [7, 11) is 0. The number of nitrogens with zero attached hydrogens (tertiary/aromatic N) is 1. The third-order valence-electron chi connectivity index (χ3n) is 2.22. The van der Waals surface area contributed by atoms with Crippen LogP contribution in [0.3, 0.4) is 0 Å². The highest BCUT2D eigenvalue weighted by atomic mass is 35.5.